The fourth-order valence-corrected chi connectivity index (χ4v) is 4.94. The topological polar surface area (TPSA) is 54.6 Å². The first-order chi connectivity index (χ1) is 17.0. The molecule has 0 fully saturated rings. The van der Waals surface area contributed by atoms with E-state index in [1.807, 2.05) is 49.1 Å². The Kier molecular flexibility index (Phi) is 8.61. The minimum atomic E-state index is -0.279. The number of fused-ring (bicyclic) bond motifs is 3. The zero-order chi connectivity index (χ0) is 24.8. The lowest BCUT2D eigenvalue weighted by Crippen LogP contribution is -2.41. The first-order valence-corrected chi connectivity index (χ1v) is 13.3. The first-order valence-electron chi connectivity index (χ1n) is 12.9. The van der Waals surface area contributed by atoms with Gasteiger partial charge in [0.25, 0.3) is 0 Å². The number of unbranched alkanes of at least 4 members (excludes halogenated alkanes) is 4. The van der Waals surface area contributed by atoms with Gasteiger partial charge in [0.15, 0.2) is 0 Å². The largest absolute Gasteiger partial charge is 0.494 e. The number of aromatic amines is 1. The summed E-state index contributed by atoms with van der Waals surface area (Å²) in [6, 6.07) is 13.8. The second-order valence-corrected chi connectivity index (χ2v) is 10.3. The molecule has 1 amide bonds. The normalized spacial score (nSPS) is 15.5. The minimum absolute atomic E-state index is 0.257. The van der Waals surface area contributed by atoms with Gasteiger partial charge in [-0.05, 0) is 60.2 Å². The van der Waals surface area contributed by atoms with Crippen LogP contribution in [0.5, 0.6) is 5.75 Å². The standard InChI is InChI=1S/C29H37ClN2O3/c1-4-5-6-7-8-17-34-23-12-9-21(10-13-23)28-27-24(25-18-22(30)11-14-26(25)31-27)15-16-32(28)29(33)35-19-20(2)3/h9-14,18,20,28,31H,4-8,15-17,19H2,1-3H3. The maximum absolute atomic E-state index is 13.1. The molecule has 1 aromatic heterocycles. The van der Waals surface area contributed by atoms with E-state index in [2.05, 4.69) is 24.0 Å². The number of hydrogen-bond acceptors (Lipinski definition) is 3. The summed E-state index contributed by atoms with van der Waals surface area (Å²) in [6.45, 7) is 8.04. The van der Waals surface area contributed by atoms with Crippen molar-refractivity contribution in [2.24, 2.45) is 5.92 Å². The van der Waals surface area contributed by atoms with Crippen LogP contribution in [0.2, 0.25) is 5.02 Å². The molecule has 1 unspecified atom stereocenters. The van der Waals surface area contributed by atoms with Gasteiger partial charge in [0.2, 0.25) is 0 Å². The van der Waals surface area contributed by atoms with E-state index >= 15 is 0 Å². The molecule has 6 heteroatoms. The number of carbonyl (C=O) groups is 1. The smallest absolute Gasteiger partial charge is 0.410 e. The Morgan fingerprint density at radius 3 is 2.63 bits per heavy atom. The number of benzene rings is 2. The average Bonchev–Trinajstić information content (AvgIpc) is 3.22. The molecule has 0 spiro atoms. The van der Waals surface area contributed by atoms with Crippen LogP contribution in [0.15, 0.2) is 42.5 Å². The minimum Gasteiger partial charge on any atom is -0.494 e. The number of amides is 1. The van der Waals surface area contributed by atoms with Crippen molar-refractivity contribution in [2.75, 3.05) is 19.8 Å². The molecule has 0 aliphatic carbocycles. The van der Waals surface area contributed by atoms with Crippen molar-refractivity contribution in [2.45, 2.75) is 65.3 Å². The SMILES string of the molecule is CCCCCCCOc1ccc(C2c3[nH]c4ccc(Cl)cc4c3CCN2C(=O)OCC(C)C)cc1. The lowest BCUT2D eigenvalue weighted by Gasteiger charge is -2.35. The van der Waals surface area contributed by atoms with Crippen molar-refractivity contribution in [1.29, 1.82) is 0 Å². The van der Waals surface area contributed by atoms with Crippen LogP contribution in [0.4, 0.5) is 4.79 Å². The van der Waals surface area contributed by atoms with Crippen molar-refractivity contribution < 1.29 is 14.3 Å². The third kappa shape index (κ3) is 6.13. The molecule has 4 rings (SSSR count). The molecule has 1 aliphatic rings. The molecule has 1 N–H and O–H groups in total. The van der Waals surface area contributed by atoms with Crippen LogP contribution in [0.3, 0.4) is 0 Å². The van der Waals surface area contributed by atoms with Crippen LogP contribution in [-0.2, 0) is 11.2 Å². The number of nitrogens with zero attached hydrogens (tertiary/aromatic N) is 1. The molecule has 35 heavy (non-hydrogen) atoms. The molecule has 0 radical (unpaired) electrons. The zero-order valence-corrected chi connectivity index (χ0v) is 21.9. The molecule has 5 nitrogen and oxygen atoms in total. The van der Waals surface area contributed by atoms with E-state index in [0.29, 0.717) is 18.2 Å². The van der Waals surface area contributed by atoms with Crippen LogP contribution in [-0.4, -0.2) is 35.7 Å². The Balaban J connectivity index is 1.57. The number of aromatic nitrogens is 1. The van der Waals surface area contributed by atoms with E-state index in [1.165, 1.54) is 31.2 Å². The van der Waals surface area contributed by atoms with Crippen molar-refractivity contribution in [3.05, 3.63) is 64.3 Å². The molecule has 0 saturated heterocycles. The lowest BCUT2D eigenvalue weighted by molar-refractivity contribution is 0.0797. The van der Waals surface area contributed by atoms with E-state index in [0.717, 1.165) is 47.4 Å². The van der Waals surface area contributed by atoms with Gasteiger partial charge in [-0.15, -0.1) is 0 Å². The third-order valence-corrected chi connectivity index (χ3v) is 6.81. The van der Waals surface area contributed by atoms with Gasteiger partial charge in [0.1, 0.15) is 11.8 Å². The molecule has 0 saturated carbocycles. The fourth-order valence-electron chi connectivity index (χ4n) is 4.77. The molecular weight excluding hydrogens is 460 g/mol. The molecule has 188 valence electrons. The fraction of sp³-hybridized carbons (Fsp3) is 0.483. The van der Waals surface area contributed by atoms with Crippen molar-refractivity contribution >= 4 is 28.6 Å². The number of carbonyl (C=O) groups excluding carboxylic acids is 1. The number of hydrogen-bond donors (Lipinski definition) is 1. The number of ether oxygens (including phenoxy) is 2. The first kappa shape index (κ1) is 25.4. The average molecular weight is 497 g/mol. The summed E-state index contributed by atoms with van der Waals surface area (Å²) in [7, 11) is 0. The van der Waals surface area contributed by atoms with Gasteiger partial charge < -0.3 is 14.5 Å². The van der Waals surface area contributed by atoms with Crippen molar-refractivity contribution in [3.63, 3.8) is 0 Å². The summed E-state index contributed by atoms with van der Waals surface area (Å²) in [5.74, 6) is 1.14. The van der Waals surface area contributed by atoms with Gasteiger partial charge in [-0.3, -0.25) is 4.90 Å². The molecule has 0 bridgehead atoms. The highest BCUT2D eigenvalue weighted by Crippen LogP contribution is 2.39. The monoisotopic (exact) mass is 496 g/mol. The Morgan fingerprint density at radius 1 is 1.11 bits per heavy atom. The number of rotatable bonds is 10. The Hall–Kier alpha value is -2.66. The number of nitrogens with one attached hydrogen (secondary N) is 1. The highest BCUT2D eigenvalue weighted by Gasteiger charge is 2.35. The van der Waals surface area contributed by atoms with E-state index < -0.39 is 0 Å². The van der Waals surface area contributed by atoms with E-state index in [1.54, 1.807) is 0 Å². The molecule has 3 aromatic rings. The second kappa shape index (κ2) is 11.9. The number of H-pyrrole nitrogens is 1. The second-order valence-electron chi connectivity index (χ2n) is 9.86. The van der Waals surface area contributed by atoms with Gasteiger partial charge >= 0.3 is 6.09 Å². The van der Waals surface area contributed by atoms with E-state index in [-0.39, 0.29) is 18.1 Å². The Morgan fingerprint density at radius 2 is 1.89 bits per heavy atom. The quantitative estimate of drug-likeness (QED) is 0.290. The van der Waals surface area contributed by atoms with Crippen LogP contribution in [0.25, 0.3) is 10.9 Å². The summed E-state index contributed by atoms with van der Waals surface area (Å²) in [4.78, 5) is 18.5. The molecule has 1 atom stereocenters. The van der Waals surface area contributed by atoms with Crippen LogP contribution in [0.1, 0.15) is 75.7 Å². The predicted molar refractivity (Wildman–Crippen MR) is 142 cm³/mol. The maximum atomic E-state index is 13.1. The summed E-state index contributed by atoms with van der Waals surface area (Å²) >= 11 is 6.30. The molecule has 1 aliphatic heterocycles. The van der Waals surface area contributed by atoms with Crippen molar-refractivity contribution in [3.8, 4) is 5.75 Å². The molecule has 2 heterocycles. The third-order valence-electron chi connectivity index (χ3n) is 6.58. The highest BCUT2D eigenvalue weighted by molar-refractivity contribution is 6.31. The summed E-state index contributed by atoms with van der Waals surface area (Å²) in [5.41, 5.74) is 4.30. The van der Waals surface area contributed by atoms with Gasteiger partial charge in [-0.1, -0.05) is 70.2 Å². The number of halogens is 1. The van der Waals surface area contributed by atoms with Gasteiger partial charge in [0, 0.05) is 28.2 Å². The van der Waals surface area contributed by atoms with Crippen molar-refractivity contribution in [1.82, 2.24) is 9.88 Å². The highest BCUT2D eigenvalue weighted by atomic mass is 35.5. The van der Waals surface area contributed by atoms with Gasteiger partial charge in [-0.2, -0.15) is 0 Å². The van der Waals surface area contributed by atoms with Crippen LogP contribution >= 0.6 is 11.6 Å². The van der Waals surface area contributed by atoms with Crippen LogP contribution in [0, 0.1) is 5.92 Å². The summed E-state index contributed by atoms with van der Waals surface area (Å²) in [6.07, 6.45) is 6.54. The molecule has 2 aromatic carbocycles. The predicted octanol–water partition coefficient (Wildman–Crippen LogP) is 7.91. The maximum Gasteiger partial charge on any atom is 0.410 e. The summed E-state index contributed by atoms with van der Waals surface area (Å²) < 4.78 is 11.6. The van der Waals surface area contributed by atoms with E-state index in [9.17, 15) is 4.79 Å². The summed E-state index contributed by atoms with van der Waals surface area (Å²) in [5, 5.41) is 1.83. The van der Waals surface area contributed by atoms with Gasteiger partial charge in [-0.25, -0.2) is 4.79 Å². The Bertz CT molecular complexity index is 1120. The van der Waals surface area contributed by atoms with E-state index in [4.69, 9.17) is 21.1 Å². The lowest BCUT2D eigenvalue weighted by atomic mass is 9.92. The molecular formula is C29H37ClN2O3. The van der Waals surface area contributed by atoms with Crippen LogP contribution < -0.4 is 4.74 Å². The van der Waals surface area contributed by atoms with Gasteiger partial charge in [0.05, 0.1) is 13.2 Å². The zero-order valence-electron chi connectivity index (χ0n) is 21.1. The Labute approximate surface area is 213 Å².